The smallest absolute Gasteiger partial charge is 0.229 e. The summed E-state index contributed by atoms with van der Waals surface area (Å²) >= 11 is 0. The molecule has 0 unspecified atom stereocenters. The van der Waals surface area contributed by atoms with Gasteiger partial charge in [0.1, 0.15) is 11.5 Å². The lowest BCUT2D eigenvalue weighted by atomic mass is 10.0. The Labute approximate surface area is 179 Å². The Kier molecular flexibility index (Phi) is 4.86. The normalized spacial score (nSPS) is 13.6. The fourth-order valence-corrected chi connectivity index (χ4v) is 4.20. The van der Waals surface area contributed by atoms with Crippen molar-refractivity contribution in [2.75, 3.05) is 11.9 Å². The lowest BCUT2D eigenvalue weighted by Gasteiger charge is -2.17. The number of benzene rings is 1. The van der Waals surface area contributed by atoms with Crippen molar-refractivity contribution in [3.8, 4) is 11.3 Å². The highest BCUT2D eigenvalue weighted by atomic mass is 19.1. The maximum atomic E-state index is 14.7. The Balaban J connectivity index is 1.51. The maximum absolute atomic E-state index is 14.7. The van der Waals surface area contributed by atoms with Crippen molar-refractivity contribution in [2.24, 2.45) is 7.05 Å². The van der Waals surface area contributed by atoms with Crippen LogP contribution in [0.25, 0.3) is 22.2 Å². The van der Waals surface area contributed by atoms with Crippen LogP contribution in [-0.4, -0.2) is 31.3 Å². The number of nitrogens with one attached hydrogen (secondary N) is 2. The molecule has 0 atom stereocenters. The largest absolute Gasteiger partial charge is 0.312 e. The molecule has 0 spiro atoms. The highest BCUT2D eigenvalue weighted by molar-refractivity contribution is 5.86. The van der Waals surface area contributed by atoms with Gasteiger partial charge in [0.05, 0.1) is 11.7 Å². The third-order valence-corrected chi connectivity index (χ3v) is 5.61. The third-order valence-electron chi connectivity index (χ3n) is 5.61. The van der Waals surface area contributed by atoms with Crippen molar-refractivity contribution in [1.82, 2.24) is 30.0 Å². The van der Waals surface area contributed by atoms with Gasteiger partial charge in [0.2, 0.25) is 5.95 Å². The summed E-state index contributed by atoms with van der Waals surface area (Å²) in [6.45, 7) is 5.99. The molecule has 4 heterocycles. The predicted octanol–water partition coefficient (Wildman–Crippen LogP) is 4.08. The highest BCUT2D eigenvalue weighted by Gasteiger charge is 2.16. The Hall–Kier alpha value is -3.39. The standard InChI is InChI=1S/C23H24FN7/c1-13(2)22-16-10-14(4-6-19(16)30-31(22)3)21-17(24)12-26-23(29-21)28-20-7-5-15-11-25-9-8-18(15)27-20/h4-7,10,12-13,25H,8-9,11H2,1-3H3,(H,26,27,28,29). The second-order valence-electron chi connectivity index (χ2n) is 8.14. The number of aryl methyl sites for hydroxylation is 1. The second kappa shape index (κ2) is 7.70. The summed E-state index contributed by atoms with van der Waals surface area (Å²) in [5, 5.41) is 12.0. The fourth-order valence-electron chi connectivity index (χ4n) is 4.20. The Bertz CT molecular complexity index is 1280. The summed E-state index contributed by atoms with van der Waals surface area (Å²) in [5.74, 6) is 0.795. The van der Waals surface area contributed by atoms with Crippen LogP contribution >= 0.6 is 0 Å². The van der Waals surface area contributed by atoms with Gasteiger partial charge < -0.3 is 10.6 Å². The van der Waals surface area contributed by atoms with Crippen LogP contribution in [0.4, 0.5) is 16.2 Å². The Morgan fingerprint density at radius 2 is 2.03 bits per heavy atom. The lowest BCUT2D eigenvalue weighted by Crippen LogP contribution is -2.24. The van der Waals surface area contributed by atoms with Crippen LogP contribution in [0.2, 0.25) is 0 Å². The molecule has 5 rings (SSSR count). The van der Waals surface area contributed by atoms with E-state index in [1.54, 1.807) is 0 Å². The summed E-state index contributed by atoms with van der Waals surface area (Å²) < 4.78 is 16.6. The third kappa shape index (κ3) is 3.63. The quantitative estimate of drug-likeness (QED) is 0.521. The van der Waals surface area contributed by atoms with Gasteiger partial charge in [-0.05, 0) is 29.7 Å². The van der Waals surface area contributed by atoms with E-state index < -0.39 is 5.82 Å². The first kappa shape index (κ1) is 19.6. The van der Waals surface area contributed by atoms with Gasteiger partial charge in [-0.25, -0.2) is 19.3 Å². The SMILES string of the molecule is CC(C)c1c2cc(-c3nc(Nc4ccc5c(n4)CCNC5)ncc3F)ccc2nn1C. The molecule has 1 aromatic carbocycles. The molecule has 0 amide bonds. The van der Waals surface area contributed by atoms with Gasteiger partial charge in [0, 0.05) is 48.9 Å². The zero-order chi connectivity index (χ0) is 21.5. The van der Waals surface area contributed by atoms with Crippen LogP contribution < -0.4 is 10.6 Å². The average Bonchev–Trinajstić information content (AvgIpc) is 3.10. The molecule has 0 radical (unpaired) electrons. The molecule has 2 N–H and O–H groups in total. The first-order valence-electron chi connectivity index (χ1n) is 10.5. The molecule has 0 saturated heterocycles. The van der Waals surface area contributed by atoms with Gasteiger partial charge >= 0.3 is 0 Å². The van der Waals surface area contributed by atoms with E-state index in [2.05, 4.69) is 44.5 Å². The van der Waals surface area contributed by atoms with Crippen LogP contribution in [0.1, 0.15) is 36.7 Å². The molecule has 158 valence electrons. The van der Waals surface area contributed by atoms with Crippen LogP contribution in [-0.2, 0) is 20.0 Å². The minimum absolute atomic E-state index is 0.250. The predicted molar refractivity (Wildman–Crippen MR) is 119 cm³/mol. The van der Waals surface area contributed by atoms with E-state index in [1.165, 1.54) is 11.8 Å². The molecule has 1 aliphatic rings. The van der Waals surface area contributed by atoms with Crippen LogP contribution in [0.15, 0.2) is 36.5 Å². The second-order valence-corrected chi connectivity index (χ2v) is 8.14. The van der Waals surface area contributed by atoms with E-state index in [4.69, 9.17) is 0 Å². The first-order valence-corrected chi connectivity index (χ1v) is 10.5. The van der Waals surface area contributed by atoms with Crippen molar-refractivity contribution in [1.29, 1.82) is 0 Å². The summed E-state index contributed by atoms with van der Waals surface area (Å²) in [7, 11) is 1.93. The number of aromatic nitrogens is 5. The minimum atomic E-state index is -0.468. The summed E-state index contributed by atoms with van der Waals surface area (Å²) in [5.41, 5.74) is 5.19. The fraction of sp³-hybridized carbons (Fsp3) is 0.304. The Morgan fingerprint density at radius 3 is 2.87 bits per heavy atom. The molecule has 0 saturated carbocycles. The molecule has 0 aliphatic carbocycles. The number of halogens is 1. The van der Waals surface area contributed by atoms with Gasteiger partial charge in [-0.3, -0.25) is 4.68 Å². The molecule has 31 heavy (non-hydrogen) atoms. The van der Waals surface area contributed by atoms with Gasteiger partial charge in [0.25, 0.3) is 0 Å². The first-order chi connectivity index (χ1) is 15.0. The zero-order valence-electron chi connectivity index (χ0n) is 17.8. The van der Waals surface area contributed by atoms with Crippen molar-refractivity contribution >= 4 is 22.7 Å². The van der Waals surface area contributed by atoms with Gasteiger partial charge in [0.15, 0.2) is 5.82 Å². The van der Waals surface area contributed by atoms with Gasteiger partial charge in [-0.2, -0.15) is 5.10 Å². The monoisotopic (exact) mass is 417 g/mol. The molecule has 0 fully saturated rings. The van der Waals surface area contributed by atoms with Crippen molar-refractivity contribution in [2.45, 2.75) is 32.7 Å². The van der Waals surface area contributed by atoms with Crippen LogP contribution in [0.5, 0.6) is 0 Å². The molecule has 0 bridgehead atoms. The zero-order valence-corrected chi connectivity index (χ0v) is 17.8. The topological polar surface area (TPSA) is 80.6 Å². The van der Waals surface area contributed by atoms with E-state index in [-0.39, 0.29) is 5.69 Å². The van der Waals surface area contributed by atoms with Crippen LogP contribution in [0.3, 0.4) is 0 Å². The van der Waals surface area contributed by atoms with Crippen molar-refractivity contribution in [3.63, 3.8) is 0 Å². The van der Waals surface area contributed by atoms with E-state index in [9.17, 15) is 4.39 Å². The van der Waals surface area contributed by atoms with E-state index >= 15 is 0 Å². The lowest BCUT2D eigenvalue weighted by molar-refractivity contribution is 0.618. The number of pyridine rings is 1. The van der Waals surface area contributed by atoms with E-state index in [1.807, 2.05) is 42.1 Å². The number of nitrogens with zero attached hydrogens (tertiary/aromatic N) is 5. The molecule has 3 aromatic heterocycles. The number of hydrogen-bond donors (Lipinski definition) is 2. The maximum Gasteiger partial charge on any atom is 0.229 e. The molecule has 1 aliphatic heterocycles. The average molecular weight is 417 g/mol. The summed E-state index contributed by atoms with van der Waals surface area (Å²) in [4.78, 5) is 13.3. The van der Waals surface area contributed by atoms with Crippen molar-refractivity contribution < 1.29 is 4.39 Å². The summed E-state index contributed by atoms with van der Waals surface area (Å²) in [6, 6.07) is 9.65. The van der Waals surface area contributed by atoms with Gasteiger partial charge in [-0.1, -0.05) is 26.0 Å². The van der Waals surface area contributed by atoms with E-state index in [0.29, 0.717) is 23.2 Å². The van der Waals surface area contributed by atoms with Crippen molar-refractivity contribution in [3.05, 3.63) is 59.3 Å². The number of anilines is 2. The van der Waals surface area contributed by atoms with Gasteiger partial charge in [-0.15, -0.1) is 0 Å². The molecular formula is C23H24FN7. The highest BCUT2D eigenvalue weighted by Crippen LogP contribution is 2.30. The molecule has 8 heteroatoms. The number of fused-ring (bicyclic) bond motifs is 2. The number of hydrogen-bond acceptors (Lipinski definition) is 6. The molecule has 4 aromatic rings. The summed E-state index contributed by atoms with van der Waals surface area (Å²) in [6.07, 6.45) is 2.08. The Morgan fingerprint density at radius 1 is 1.16 bits per heavy atom. The molecule has 7 nitrogen and oxygen atoms in total. The minimum Gasteiger partial charge on any atom is -0.312 e. The molecular weight excluding hydrogens is 393 g/mol. The number of rotatable bonds is 4. The van der Waals surface area contributed by atoms with E-state index in [0.717, 1.165) is 41.8 Å². The van der Waals surface area contributed by atoms with Crippen LogP contribution in [0, 0.1) is 5.82 Å².